The fourth-order valence-corrected chi connectivity index (χ4v) is 3.57. The minimum atomic E-state index is -2.80. The molecule has 0 aromatic carbocycles. The summed E-state index contributed by atoms with van der Waals surface area (Å²) in [6.07, 6.45) is 0.736. The van der Waals surface area contributed by atoms with Crippen LogP contribution in [-0.4, -0.2) is 31.6 Å². The summed E-state index contributed by atoms with van der Waals surface area (Å²) in [7, 11) is -2.80. The van der Waals surface area contributed by atoms with Gasteiger partial charge in [-0.25, -0.2) is 8.42 Å². The SMILES string of the molecule is CC1CS(=O)(=O)CCC1OC(C)(C)C. The van der Waals surface area contributed by atoms with Gasteiger partial charge >= 0.3 is 0 Å². The largest absolute Gasteiger partial charge is 0.372 e. The van der Waals surface area contributed by atoms with Gasteiger partial charge in [0, 0.05) is 0 Å². The Hall–Kier alpha value is -0.0900. The van der Waals surface area contributed by atoms with Crippen molar-refractivity contribution in [1.82, 2.24) is 0 Å². The maximum atomic E-state index is 11.3. The zero-order chi connectivity index (χ0) is 11.0. The molecule has 2 atom stereocenters. The zero-order valence-electron chi connectivity index (χ0n) is 9.41. The number of rotatable bonds is 1. The van der Waals surface area contributed by atoms with Crippen LogP contribution in [0.3, 0.4) is 0 Å². The van der Waals surface area contributed by atoms with E-state index in [-0.39, 0.29) is 29.1 Å². The minimum absolute atomic E-state index is 0.0959. The van der Waals surface area contributed by atoms with E-state index in [4.69, 9.17) is 4.74 Å². The average Bonchev–Trinajstić information content (AvgIpc) is 1.92. The second-order valence-electron chi connectivity index (χ2n) is 5.15. The average molecular weight is 220 g/mol. The van der Waals surface area contributed by atoms with Gasteiger partial charge in [0.15, 0.2) is 9.84 Å². The summed E-state index contributed by atoms with van der Waals surface area (Å²) in [4.78, 5) is 0. The molecule has 1 aliphatic heterocycles. The van der Waals surface area contributed by atoms with Crippen LogP contribution in [0.1, 0.15) is 34.1 Å². The van der Waals surface area contributed by atoms with Gasteiger partial charge in [0.1, 0.15) is 0 Å². The first kappa shape index (κ1) is 12.0. The van der Waals surface area contributed by atoms with Crippen LogP contribution >= 0.6 is 0 Å². The lowest BCUT2D eigenvalue weighted by Crippen LogP contribution is -2.40. The number of hydrogen-bond donors (Lipinski definition) is 0. The highest BCUT2D eigenvalue weighted by Gasteiger charge is 2.33. The van der Waals surface area contributed by atoms with Gasteiger partial charge in [-0.2, -0.15) is 0 Å². The van der Waals surface area contributed by atoms with Crippen molar-refractivity contribution in [3.63, 3.8) is 0 Å². The van der Waals surface area contributed by atoms with Gasteiger partial charge in [0.05, 0.1) is 23.2 Å². The van der Waals surface area contributed by atoms with Gasteiger partial charge in [-0.05, 0) is 33.1 Å². The fourth-order valence-electron chi connectivity index (χ4n) is 1.80. The molecule has 1 heterocycles. The summed E-state index contributed by atoms with van der Waals surface area (Å²) in [6, 6.07) is 0. The Bertz CT molecular complexity index is 287. The highest BCUT2D eigenvalue weighted by atomic mass is 32.2. The van der Waals surface area contributed by atoms with Crippen molar-refractivity contribution in [2.24, 2.45) is 5.92 Å². The van der Waals surface area contributed by atoms with Crippen LogP contribution in [0.2, 0.25) is 0 Å². The molecule has 4 heteroatoms. The van der Waals surface area contributed by atoms with E-state index in [1.54, 1.807) is 0 Å². The highest BCUT2D eigenvalue weighted by molar-refractivity contribution is 7.91. The Morgan fingerprint density at radius 1 is 1.29 bits per heavy atom. The predicted octanol–water partition coefficient (Wildman–Crippen LogP) is 1.62. The zero-order valence-corrected chi connectivity index (χ0v) is 10.2. The summed E-state index contributed by atoms with van der Waals surface area (Å²) in [6.45, 7) is 7.96. The normalized spacial score (nSPS) is 32.9. The highest BCUT2D eigenvalue weighted by Crippen LogP contribution is 2.25. The monoisotopic (exact) mass is 220 g/mol. The van der Waals surface area contributed by atoms with Gasteiger partial charge in [0.2, 0.25) is 0 Å². The van der Waals surface area contributed by atoms with Crippen molar-refractivity contribution in [2.75, 3.05) is 11.5 Å². The third kappa shape index (κ3) is 3.58. The molecule has 0 spiro atoms. The van der Waals surface area contributed by atoms with Crippen LogP contribution < -0.4 is 0 Å². The molecule has 0 amide bonds. The van der Waals surface area contributed by atoms with Crippen LogP contribution in [0.15, 0.2) is 0 Å². The van der Waals surface area contributed by atoms with Gasteiger partial charge in [-0.15, -0.1) is 0 Å². The van der Waals surface area contributed by atoms with Crippen LogP contribution in [0.4, 0.5) is 0 Å². The molecule has 1 aliphatic rings. The molecule has 2 unspecified atom stereocenters. The molecule has 0 aromatic heterocycles. The Labute approximate surface area is 86.8 Å². The molecular formula is C10H20O3S. The lowest BCUT2D eigenvalue weighted by Gasteiger charge is -2.34. The van der Waals surface area contributed by atoms with Crippen molar-refractivity contribution in [3.05, 3.63) is 0 Å². The summed E-state index contributed by atoms with van der Waals surface area (Å²) in [5.41, 5.74) is -0.181. The Morgan fingerprint density at radius 2 is 1.86 bits per heavy atom. The van der Waals surface area contributed by atoms with E-state index in [1.165, 1.54) is 0 Å². The van der Waals surface area contributed by atoms with E-state index < -0.39 is 9.84 Å². The van der Waals surface area contributed by atoms with Crippen LogP contribution in [0.5, 0.6) is 0 Å². The Balaban J connectivity index is 2.59. The molecule has 1 saturated heterocycles. The molecule has 0 radical (unpaired) electrons. The topological polar surface area (TPSA) is 43.4 Å². The fraction of sp³-hybridized carbons (Fsp3) is 1.00. The first-order valence-corrected chi connectivity index (χ1v) is 6.90. The van der Waals surface area contributed by atoms with E-state index in [1.807, 2.05) is 27.7 Å². The number of ether oxygens (including phenoxy) is 1. The molecule has 0 aromatic rings. The van der Waals surface area contributed by atoms with Crippen molar-refractivity contribution >= 4 is 9.84 Å². The van der Waals surface area contributed by atoms with Gasteiger partial charge in [-0.1, -0.05) is 6.92 Å². The standard InChI is InChI=1S/C10H20O3S/c1-8-7-14(11,12)6-5-9(8)13-10(2,3)4/h8-9H,5-7H2,1-4H3. The Morgan fingerprint density at radius 3 is 2.29 bits per heavy atom. The maximum absolute atomic E-state index is 11.3. The van der Waals surface area contributed by atoms with E-state index in [9.17, 15) is 8.42 Å². The molecular weight excluding hydrogens is 200 g/mol. The summed E-state index contributed by atoms with van der Waals surface area (Å²) >= 11 is 0. The summed E-state index contributed by atoms with van der Waals surface area (Å²) in [5.74, 6) is 0.666. The van der Waals surface area contributed by atoms with Gasteiger partial charge in [-0.3, -0.25) is 0 Å². The van der Waals surface area contributed by atoms with E-state index in [0.29, 0.717) is 6.42 Å². The second kappa shape index (κ2) is 3.81. The lowest BCUT2D eigenvalue weighted by atomic mass is 10.0. The van der Waals surface area contributed by atoms with Crippen LogP contribution in [0, 0.1) is 5.92 Å². The van der Waals surface area contributed by atoms with Crippen LogP contribution in [-0.2, 0) is 14.6 Å². The summed E-state index contributed by atoms with van der Waals surface area (Å²) in [5, 5.41) is 0. The molecule has 1 rings (SSSR count). The second-order valence-corrected chi connectivity index (χ2v) is 7.38. The van der Waals surface area contributed by atoms with Crippen molar-refractivity contribution < 1.29 is 13.2 Å². The molecule has 0 saturated carbocycles. The quantitative estimate of drug-likeness (QED) is 0.674. The smallest absolute Gasteiger partial charge is 0.150 e. The number of sulfone groups is 1. The first-order valence-electron chi connectivity index (χ1n) is 5.08. The summed E-state index contributed by atoms with van der Waals surface area (Å²) < 4.78 is 28.5. The third-order valence-corrected chi connectivity index (χ3v) is 4.26. The number of hydrogen-bond acceptors (Lipinski definition) is 3. The molecule has 0 N–H and O–H groups in total. The lowest BCUT2D eigenvalue weighted by molar-refractivity contribution is -0.0810. The van der Waals surface area contributed by atoms with E-state index >= 15 is 0 Å². The van der Waals surface area contributed by atoms with E-state index in [0.717, 1.165) is 0 Å². The van der Waals surface area contributed by atoms with Crippen molar-refractivity contribution in [1.29, 1.82) is 0 Å². The van der Waals surface area contributed by atoms with E-state index in [2.05, 4.69) is 0 Å². The first-order chi connectivity index (χ1) is 6.20. The molecule has 3 nitrogen and oxygen atoms in total. The molecule has 1 fully saturated rings. The maximum Gasteiger partial charge on any atom is 0.150 e. The Kier molecular flexibility index (Phi) is 3.26. The van der Waals surface area contributed by atoms with Crippen molar-refractivity contribution in [2.45, 2.75) is 45.8 Å². The predicted molar refractivity (Wildman–Crippen MR) is 57.1 cm³/mol. The molecule has 84 valence electrons. The van der Waals surface area contributed by atoms with Gasteiger partial charge in [0.25, 0.3) is 0 Å². The third-order valence-electron chi connectivity index (χ3n) is 2.37. The molecule has 14 heavy (non-hydrogen) atoms. The molecule has 0 bridgehead atoms. The van der Waals surface area contributed by atoms with Crippen molar-refractivity contribution in [3.8, 4) is 0 Å². The molecule has 0 aliphatic carbocycles. The van der Waals surface area contributed by atoms with Crippen LogP contribution in [0.25, 0.3) is 0 Å². The minimum Gasteiger partial charge on any atom is -0.372 e. The van der Waals surface area contributed by atoms with Gasteiger partial charge < -0.3 is 4.74 Å².